The number of carbonyl (C=O) groups excluding carboxylic acids is 1. The Labute approximate surface area is 65.4 Å². The minimum atomic E-state index is -0.624. The lowest BCUT2D eigenvalue weighted by Gasteiger charge is -2.14. The molecular formula is C6H11NO2S. The molecule has 0 radical (unpaired) electrons. The molecule has 0 bridgehead atoms. The van der Waals surface area contributed by atoms with Crippen LogP contribution in [0.25, 0.3) is 0 Å². The quantitative estimate of drug-likeness (QED) is 0.567. The van der Waals surface area contributed by atoms with Crippen LogP contribution in [-0.4, -0.2) is 28.5 Å². The zero-order chi connectivity index (χ0) is 8.15. The molecule has 0 aliphatic rings. The molecule has 0 aromatic carbocycles. The van der Waals surface area contributed by atoms with Gasteiger partial charge in [0.1, 0.15) is 0 Å². The van der Waals surface area contributed by atoms with Crippen molar-refractivity contribution >= 4 is 23.5 Å². The van der Waals surface area contributed by atoms with Gasteiger partial charge in [0.05, 0.1) is 12.1 Å². The number of amides is 1. The van der Waals surface area contributed by atoms with Gasteiger partial charge in [-0.3, -0.25) is 4.79 Å². The molecule has 2 unspecified atom stereocenters. The zero-order valence-corrected chi connectivity index (χ0v) is 6.81. The van der Waals surface area contributed by atoms with Gasteiger partial charge in [-0.25, -0.2) is 0 Å². The molecule has 0 fully saturated rings. The Morgan fingerprint density at radius 1 is 1.80 bits per heavy atom. The topological polar surface area (TPSA) is 49.3 Å². The third-order valence-electron chi connectivity index (χ3n) is 1.04. The average molecular weight is 161 g/mol. The summed E-state index contributed by atoms with van der Waals surface area (Å²) >= 11 is 4.57. The fraction of sp³-hybridized carbons (Fsp3) is 0.667. The highest BCUT2D eigenvalue weighted by molar-refractivity contribution is 7.79. The van der Waals surface area contributed by atoms with Crippen LogP contribution >= 0.6 is 12.2 Å². The molecule has 0 spiro atoms. The van der Waals surface area contributed by atoms with Crippen molar-refractivity contribution in [2.45, 2.75) is 26.0 Å². The normalized spacial score (nSPS) is 15.5. The minimum absolute atomic E-state index is 0.188. The Balaban J connectivity index is 3.83. The second-order valence-corrected chi connectivity index (χ2v) is 2.38. The van der Waals surface area contributed by atoms with Gasteiger partial charge in [-0.2, -0.15) is 0 Å². The predicted molar refractivity (Wildman–Crippen MR) is 42.9 cm³/mol. The first-order chi connectivity index (χ1) is 4.57. The maximum Gasteiger partial charge on any atom is 0.217 e. The van der Waals surface area contributed by atoms with E-state index in [1.165, 1.54) is 12.3 Å². The van der Waals surface area contributed by atoms with Crippen LogP contribution in [0.2, 0.25) is 0 Å². The molecule has 0 aliphatic heterocycles. The Morgan fingerprint density at radius 3 is 2.40 bits per heavy atom. The molecule has 1 amide bonds. The number of thiocarbonyl (C=S) groups is 1. The van der Waals surface area contributed by atoms with Gasteiger partial charge < -0.3 is 10.4 Å². The van der Waals surface area contributed by atoms with Crippen LogP contribution < -0.4 is 5.32 Å². The van der Waals surface area contributed by atoms with Gasteiger partial charge >= 0.3 is 0 Å². The van der Waals surface area contributed by atoms with Crippen LogP contribution in [0.3, 0.4) is 0 Å². The number of nitrogens with one attached hydrogen (secondary N) is 1. The summed E-state index contributed by atoms with van der Waals surface area (Å²) in [4.78, 5) is 10.4. The second-order valence-electron chi connectivity index (χ2n) is 2.10. The first-order valence-corrected chi connectivity index (χ1v) is 3.45. The Morgan fingerprint density at radius 2 is 2.30 bits per heavy atom. The van der Waals surface area contributed by atoms with E-state index in [4.69, 9.17) is 5.11 Å². The van der Waals surface area contributed by atoms with Crippen molar-refractivity contribution in [3.63, 3.8) is 0 Å². The summed E-state index contributed by atoms with van der Waals surface area (Å²) in [6.45, 7) is 2.96. The highest BCUT2D eigenvalue weighted by atomic mass is 32.1. The fourth-order valence-electron chi connectivity index (χ4n) is 0.503. The molecule has 4 heteroatoms. The Bertz CT molecular complexity index is 136. The zero-order valence-electron chi connectivity index (χ0n) is 6.00. The largest absolute Gasteiger partial charge is 0.391 e. The standard InChI is InChI=1S/C6H11NO2S/c1-4(8)6(3-10)7-5(2)9/h3-4,6,8H,1-2H3,(H,7,9). The maximum absolute atomic E-state index is 10.4. The summed E-state index contributed by atoms with van der Waals surface area (Å²) in [6.07, 6.45) is -0.624. The van der Waals surface area contributed by atoms with Crippen LogP contribution in [0.1, 0.15) is 13.8 Å². The highest BCUT2D eigenvalue weighted by Gasteiger charge is 2.11. The van der Waals surface area contributed by atoms with Gasteiger partial charge in [0.2, 0.25) is 5.91 Å². The van der Waals surface area contributed by atoms with Crippen molar-refractivity contribution in [1.82, 2.24) is 5.32 Å². The highest BCUT2D eigenvalue weighted by Crippen LogP contribution is 1.88. The molecule has 0 heterocycles. The maximum atomic E-state index is 10.4. The van der Waals surface area contributed by atoms with Crippen molar-refractivity contribution in [1.29, 1.82) is 0 Å². The minimum Gasteiger partial charge on any atom is -0.391 e. The van der Waals surface area contributed by atoms with Crippen LogP contribution in [-0.2, 0) is 4.79 Å². The summed E-state index contributed by atoms with van der Waals surface area (Å²) in [5.74, 6) is -0.188. The van der Waals surface area contributed by atoms with Crippen molar-refractivity contribution in [3.8, 4) is 0 Å². The molecule has 58 valence electrons. The summed E-state index contributed by atoms with van der Waals surface area (Å²) in [5.41, 5.74) is 0. The molecule has 0 saturated heterocycles. The van der Waals surface area contributed by atoms with E-state index in [1.807, 2.05) is 0 Å². The van der Waals surface area contributed by atoms with E-state index in [0.29, 0.717) is 0 Å². The van der Waals surface area contributed by atoms with Gasteiger partial charge in [0.15, 0.2) is 0 Å². The molecule has 2 N–H and O–H groups in total. The van der Waals surface area contributed by atoms with E-state index in [2.05, 4.69) is 17.5 Å². The van der Waals surface area contributed by atoms with Crippen molar-refractivity contribution in [2.24, 2.45) is 0 Å². The van der Waals surface area contributed by atoms with E-state index in [1.54, 1.807) is 6.92 Å². The monoisotopic (exact) mass is 161 g/mol. The lowest BCUT2D eigenvalue weighted by Crippen LogP contribution is -2.41. The van der Waals surface area contributed by atoms with Crippen LogP contribution in [0.15, 0.2) is 0 Å². The lowest BCUT2D eigenvalue weighted by molar-refractivity contribution is -0.119. The Hall–Kier alpha value is -0.480. The SMILES string of the molecule is CC(=O)NC(C=S)C(C)O. The summed E-state index contributed by atoms with van der Waals surface area (Å²) in [5, 5.41) is 12.8. The summed E-state index contributed by atoms with van der Waals surface area (Å²) in [6, 6.07) is -0.410. The molecule has 0 saturated carbocycles. The van der Waals surface area contributed by atoms with E-state index >= 15 is 0 Å². The van der Waals surface area contributed by atoms with Crippen LogP contribution in [0, 0.1) is 0 Å². The van der Waals surface area contributed by atoms with Gasteiger partial charge in [-0.05, 0) is 6.92 Å². The van der Waals surface area contributed by atoms with Gasteiger partial charge in [-0.15, -0.1) is 0 Å². The van der Waals surface area contributed by atoms with Crippen LogP contribution in [0.5, 0.6) is 0 Å². The summed E-state index contributed by atoms with van der Waals surface area (Å²) in [7, 11) is 0. The lowest BCUT2D eigenvalue weighted by atomic mass is 10.2. The number of aliphatic hydroxyl groups is 1. The molecule has 0 aliphatic carbocycles. The van der Waals surface area contributed by atoms with Gasteiger partial charge in [0.25, 0.3) is 0 Å². The molecule has 3 nitrogen and oxygen atoms in total. The van der Waals surface area contributed by atoms with Gasteiger partial charge in [0, 0.05) is 12.3 Å². The Kier molecular flexibility index (Phi) is 4.14. The molecular weight excluding hydrogens is 150 g/mol. The molecule has 0 aromatic rings. The van der Waals surface area contributed by atoms with E-state index < -0.39 is 12.1 Å². The summed E-state index contributed by atoms with van der Waals surface area (Å²) < 4.78 is 0. The molecule has 10 heavy (non-hydrogen) atoms. The number of aliphatic hydroxyl groups excluding tert-OH is 1. The van der Waals surface area contributed by atoms with Crippen molar-refractivity contribution < 1.29 is 9.90 Å². The first-order valence-electron chi connectivity index (χ1n) is 2.98. The number of rotatable bonds is 3. The molecule has 2 atom stereocenters. The van der Waals surface area contributed by atoms with Crippen molar-refractivity contribution in [2.75, 3.05) is 0 Å². The number of hydrogen-bond donors (Lipinski definition) is 2. The number of carbonyl (C=O) groups is 1. The predicted octanol–water partition coefficient (Wildman–Crippen LogP) is -0.128. The van der Waals surface area contributed by atoms with E-state index in [-0.39, 0.29) is 5.91 Å². The molecule has 0 rings (SSSR count). The molecule has 0 aromatic heterocycles. The fourth-order valence-corrected chi connectivity index (χ4v) is 0.798. The van der Waals surface area contributed by atoms with Crippen molar-refractivity contribution in [3.05, 3.63) is 0 Å². The first kappa shape index (κ1) is 9.52. The van der Waals surface area contributed by atoms with Gasteiger partial charge in [-0.1, -0.05) is 12.2 Å². The smallest absolute Gasteiger partial charge is 0.217 e. The third kappa shape index (κ3) is 3.53. The second kappa shape index (κ2) is 4.35. The van der Waals surface area contributed by atoms with E-state index in [9.17, 15) is 4.79 Å². The van der Waals surface area contributed by atoms with Crippen LogP contribution in [0.4, 0.5) is 0 Å². The van der Waals surface area contributed by atoms with E-state index in [0.717, 1.165) is 0 Å². The number of hydrogen-bond acceptors (Lipinski definition) is 3. The average Bonchev–Trinajstić information content (AvgIpc) is 1.81. The third-order valence-corrected chi connectivity index (χ3v) is 1.33.